The van der Waals surface area contributed by atoms with E-state index in [0.717, 1.165) is 33.0 Å². The standard InChI is InChI=1S/C29H24N2O3S/c1-20-13-15-22(16-14-20)35(32,33)31-26-11-6-4-9-24(26)29(28-12-7-17-34-28)27(31)18-21-19-30(2)25-10-5-3-8-23(21)25/h3-17,19H,18H2,1-2H3. The molecule has 0 aliphatic heterocycles. The molecule has 3 heterocycles. The summed E-state index contributed by atoms with van der Waals surface area (Å²) in [5.74, 6) is 0.647. The van der Waals surface area contributed by atoms with Gasteiger partial charge in [0.25, 0.3) is 10.0 Å². The molecular formula is C29H24N2O3S. The van der Waals surface area contributed by atoms with E-state index in [1.54, 1.807) is 18.4 Å². The van der Waals surface area contributed by atoms with Crippen molar-refractivity contribution >= 4 is 31.8 Å². The summed E-state index contributed by atoms with van der Waals surface area (Å²) in [6.07, 6.45) is 4.13. The summed E-state index contributed by atoms with van der Waals surface area (Å²) >= 11 is 0. The predicted octanol–water partition coefficient (Wildman–Crippen LogP) is 6.53. The summed E-state index contributed by atoms with van der Waals surface area (Å²) in [5.41, 5.74) is 5.28. The van der Waals surface area contributed by atoms with Gasteiger partial charge in [0.15, 0.2) is 0 Å². The fourth-order valence-electron chi connectivity index (χ4n) is 4.96. The third-order valence-corrected chi connectivity index (χ3v) is 8.36. The van der Waals surface area contributed by atoms with Crippen LogP contribution in [0, 0.1) is 6.92 Å². The van der Waals surface area contributed by atoms with Gasteiger partial charge in [-0.15, -0.1) is 0 Å². The minimum atomic E-state index is -3.88. The Balaban J connectivity index is 1.69. The molecule has 0 fully saturated rings. The first kappa shape index (κ1) is 21.5. The van der Waals surface area contributed by atoms with Crippen LogP contribution in [0.15, 0.2) is 107 Å². The zero-order chi connectivity index (χ0) is 24.2. The van der Waals surface area contributed by atoms with Crippen LogP contribution in [-0.4, -0.2) is 17.0 Å². The van der Waals surface area contributed by atoms with E-state index in [2.05, 4.69) is 22.9 Å². The maximum atomic E-state index is 14.1. The molecule has 0 bridgehead atoms. The van der Waals surface area contributed by atoms with E-state index in [0.29, 0.717) is 23.4 Å². The van der Waals surface area contributed by atoms with Gasteiger partial charge in [0.1, 0.15) is 5.76 Å². The van der Waals surface area contributed by atoms with Crippen LogP contribution in [0.5, 0.6) is 0 Å². The molecule has 6 aromatic rings. The highest BCUT2D eigenvalue weighted by atomic mass is 32.2. The SMILES string of the molecule is Cc1ccc(S(=O)(=O)n2c(Cc3cn(C)c4ccccc34)c(-c3ccco3)c3ccccc32)cc1. The van der Waals surface area contributed by atoms with Crippen molar-refractivity contribution in [2.75, 3.05) is 0 Å². The quantitative estimate of drug-likeness (QED) is 0.282. The van der Waals surface area contributed by atoms with Crippen LogP contribution in [0.2, 0.25) is 0 Å². The largest absolute Gasteiger partial charge is 0.464 e. The summed E-state index contributed by atoms with van der Waals surface area (Å²) < 4.78 is 37.7. The summed E-state index contributed by atoms with van der Waals surface area (Å²) in [7, 11) is -1.87. The van der Waals surface area contributed by atoms with E-state index in [1.807, 2.05) is 74.6 Å². The van der Waals surface area contributed by atoms with Crippen molar-refractivity contribution < 1.29 is 12.8 Å². The first-order valence-electron chi connectivity index (χ1n) is 11.5. The lowest BCUT2D eigenvalue weighted by atomic mass is 10.0. The van der Waals surface area contributed by atoms with Gasteiger partial charge >= 0.3 is 0 Å². The fraction of sp³-hybridized carbons (Fsp3) is 0.103. The average Bonchev–Trinajstić information content (AvgIpc) is 3.57. The van der Waals surface area contributed by atoms with Crippen molar-refractivity contribution in [3.63, 3.8) is 0 Å². The molecule has 0 spiro atoms. The number of para-hydroxylation sites is 2. The van der Waals surface area contributed by atoms with E-state index in [-0.39, 0.29) is 4.90 Å². The molecular weight excluding hydrogens is 456 g/mol. The van der Waals surface area contributed by atoms with Crippen molar-refractivity contribution in [1.29, 1.82) is 0 Å². The monoisotopic (exact) mass is 480 g/mol. The summed E-state index contributed by atoms with van der Waals surface area (Å²) in [4.78, 5) is 0.258. The van der Waals surface area contributed by atoms with Crippen LogP contribution in [-0.2, 0) is 23.5 Å². The Morgan fingerprint density at radius 1 is 0.800 bits per heavy atom. The lowest BCUT2D eigenvalue weighted by Gasteiger charge is -2.13. The van der Waals surface area contributed by atoms with Gasteiger partial charge in [-0.3, -0.25) is 0 Å². The number of furan rings is 1. The normalized spacial score (nSPS) is 12.1. The minimum absolute atomic E-state index is 0.258. The summed E-state index contributed by atoms with van der Waals surface area (Å²) in [6, 6.07) is 26.5. The van der Waals surface area contributed by atoms with Crippen molar-refractivity contribution in [1.82, 2.24) is 8.54 Å². The number of aromatic nitrogens is 2. The molecule has 0 saturated heterocycles. The van der Waals surface area contributed by atoms with Crippen molar-refractivity contribution in [3.8, 4) is 11.3 Å². The maximum Gasteiger partial charge on any atom is 0.268 e. The Morgan fingerprint density at radius 3 is 2.20 bits per heavy atom. The van der Waals surface area contributed by atoms with Crippen LogP contribution in [0.1, 0.15) is 16.8 Å². The van der Waals surface area contributed by atoms with Gasteiger partial charge in [-0.1, -0.05) is 54.1 Å². The molecule has 0 atom stereocenters. The fourth-order valence-corrected chi connectivity index (χ4v) is 6.51. The highest BCUT2D eigenvalue weighted by Gasteiger charge is 2.29. The van der Waals surface area contributed by atoms with Crippen molar-refractivity contribution in [2.45, 2.75) is 18.2 Å². The molecule has 3 aromatic carbocycles. The van der Waals surface area contributed by atoms with E-state index in [9.17, 15) is 8.42 Å². The number of hydrogen-bond acceptors (Lipinski definition) is 3. The lowest BCUT2D eigenvalue weighted by Crippen LogP contribution is -2.16. The number of rotatable bonds is 5. The second-order valence-electron chi connectivity index (χ2n) is 8.86. The molecule has 174 valence electrons. The number of benzene rings is 3. The Bertz CT molecular complexity index is 1790. The van der Waals surface area contributed by atoms with E-state index in [4.69, 9.17) is 4.42 Å². The Labute approximate surface area is 203 Å². The number of hydrogen-bond donors (Lipinski definition) is 0. The van der Waals surface area contributed by atoms with Crippen LogP contribution in [0.4, 0.5) is 0 Å². The zero-order valence-corrected chi connectivity index (χ0v) is 20.3. The topological polar surface area (TPSA) is 57.1 Å². The van der Waals surface area contributed by atoms with Gasteiger partial charge in [-0.25, -0.2) is 12.4 Å². The summed E-state index contributed by atoms with van der Waals surface area (Å²) in [6.45, 7) is 1.95. The van der Waals surface area contributed by atoms with Crippen LogP contribution in [0.25, 0.3) is 33.1 Å². The van der Waals surface area contributed by atoms with Gasteiger partial charge in [0.2, 0.25) is 0 Å². The minimum Gasteiger partial charge on any atom is -0.464 e. The molecule has 0 radical (unpaired) electrons. The number of aryl methyl sites for hydroxylation is 2. The molecule has 0 amide bonds. The highest BCUT2D eigenvalue weighted by molar-refractivity contribution is 7.90. The van der Waals surface area contributed by atoms with Gasteiger partial charge in [-0.05, 0) is 48.9 Å². The zero-order valence-electron chi connectivity index (χ0n) is 19.5. The molecule has 6 rings (SSSR count). The van der Waals surface area contributed by atoms with E-state index in [1.165, 1.54) is 3.97 Å². The molecule has 5 nitrogen and oxygen atoms in total. The maximum absolute atomic E-state index is 14.1. The summed E-state index contributed by atoms with van der Waals surface area (Å²) in [5, 5.41) is 1.94. The third-order valence-electron chi connectivity index (χ3n) is 6.59. The number of nitrogens with zero attached hydrogens (tertiary/aromatic N) is 2. The molecule has 0 aliphatic carbocycles. The first-order chi connectivity index (χ1) is 16.9. The van der Waals surface area contributed by atoms with Crippen molar-refractivity contribution in [2.24, 2.45) is 7.05 Å². The predicted molar refractivity (Wildman–Crippen MR) is 139 cm³/mol. The molecule has 6 heteroatoms. The second kappa shape index (κ2) is 8.03. The molecule has 3 aromatic heterocycles. The van der Waals surface area contributed by atoms with Crippen molar-refractivity contribution in [3.05, 3.63) is 114 Å². The Kier molecular flexibility index (Phi) is 4.93. The average molecular weight is 481 g/mol. The molecule has 0 N–H and O–H groups in total. The van der Waals surface area contributed by atoms with Gasteiger partial charge in [-0.2, -0.15) is 0 Å². The molecule has 0 aliphatic rings. The van der Waals surface area contributed by atoms with Gasteiger partial charge < -0.3 is 8.98 Å². The third kappa shape index (κ3) is 3.41. The first-order valence-corrected chi connectivity index (χ1v) is 12.9. The highest BCUT2D eigenvalue weighted by Crippen LogP contribution is 2.39. The molecule has 0 saturated carbocycles. The van der Waals surface area contributed by atoms with Crippen LogP contribution < -0.4 is 0 Å². The smallest absolute Gasteiger partial charge is 0.268 e. The molecule has 35 heavy (non-hydrogen) atoms. The Hall–Kier alpha value is -4.03. The number of fused-ring (bicyclic) bond motifs is 2. The van der Waals surface area contributed by atoms with E-state index >= 15 is 0 Å². The van der Waals surface area contributed by atoms with E-state index < -0.39 is 10.0 Å². The lowest BCUT2D eigenvalue weighted by molar-refractivity contribution is 0.581. The molecule has 0 unspecified atom stereocenters. The van der Waals surface area contributed by atoms with Gasteiger partial charge in [0.05, 0.1) is 22.4 Å². The van der Waals surface area contributed by atoms with Gasteiger partial charge in [0, 0.05) is 41.5 Å². The Morgan fingerprint density at radius 2 is 1.49 bits per heavy atom. The van der Waals surface area contributed by atoms with Crippen LogP contribution >= 0.6 is 0 Å². The second-order valence-corrected chi connectivity index (χ2v) is 10.6. The van der Waals surface area contributed by atoms with Crippen LogP contribution in [0.3, 0.4) is 0 Å².